The quantitative estimate of drug-likeness (QED) is 0.684. The number of nitrogens with two attached hydrogens (primary N) is 1. The van der Waals surface area contributed by atoms with E-state index in [9.17, 15) is 0 Å². The highest BCUT2D eigenvalue weighted by molar-refractivity contribution is 5.18. The van der Waals surface area contributed by atoms with Crippen molar-refractivity contribution in [2.24, 2.45) is 11.7 Å². The van der Waals surface area contributed by atoms with E-state index in [2.05, 4.69) is 19.2 Å². The van der Waals surface area contributed by atoms with Crippen molar-refractivity contribution in [1.29, 1.82) is 0 Å². The second-order valence-electron chi connectivity index (χ2n) is 4.37. The molecule has 1 unspecified atom stereocenters. The third kappa shape index (κ3) is 3.33. The normalized spacial score (nSPS) is 17.5. The Kier molecular flexibility index (Phi) is 5.02. The third-order valence-corrected chi connectivity index (χ3v) is 3.12. The topological polar surface area (TPSA) is 38.0 Å². The molecule has 14 heavy (non-hydrogen) atoms. The van der Waals surface area contributed by atoms with Crippen LogP contribution in [0.25, 0.3) is 0 Å². The van der Waals surface area contributed by atoms with Gasteiger partial charge in [-0.25, -0.2) is 0 Å². The Morgan fingerprint density at radius 2 is 2.21 bits per heavy atom. The Morgan fingerprint density at radius 3 is 2.64 bits per heavy atom. The summed E-state index contributed by atoms with van der Waals surface area (Å²) >= 11 is 0. The second-order valence-corrected chi connectivity index (χ2v) is 4.37. The molecule has 1 atom stereocenters. The van der Waals surface area contributed by atoms with E-state index in [0.717, 1.165) is 19.0 Å². The maximum Gasteiger partial charge on any atom is 0.0267 e. The van der Waals surface area contributed by atoms with Crippen LogP contribution in [-0.2, 0) is 0 Å². The molecule has 0 radical (unpaired) electrons. The number of allylic oxidation sites excluding steroid dienone is 2. The van der Waals surface area contributed by atoms with Gasteiger partial charge in [0, 0.05) is 18.8 Å². The maximum absolute atomic E-state index is 5.51. The monoisotopic (exact) mass is 196 g/mol. The molecule has 3 N–H and O–H groups in total. The fraction of sp³-hybridized carbons (Fsp3) is 0.833. The first-order valence-electron chi connectivity index (χ1n) is 5.92. The molecule has 2 nitrogen and oxygen atoms in total. The van der Waals surface area contributed by atoms with Gasteiger partial charge in [-0.05, 0) is 31.6 Å². The van der Waals surface area contributed by atoms with Crippen LogP contribution in [0.1, 0.15) is 46.0 Å². The van der Waals surface area contributed by atoms with Gasteiger partial charge >= 0.3 is 0 Å². The zero-order valence-electron chi connectivity index (χ0n) is 9.60. The zero-order chi connectivity index (χ0) is 10.4. The molecular formula is C12H24N2. The number of hydrogen-bond donors (Lipinski definition) is 2. The Morgan fingerprint density at radius 1 is 1.50 bits per heavy atom. The van der Waals surface area contributed by atoms with E-state index in [-0.39, 0.29) is 0 Å². The molecule has 82 valence electrons. The summed E-state index contributed by atoms with van der Waals surface area (Å²) in [6, 6.07) is 0. The molecule has 0 aromatic heterocycles. The van der Waals surface area contributed by atoms with E-state index < -0.39 is 0 Å². The van der Waals surface area contributed by atoms with Crippen LogP contribution in [0.4, 0.5) is 0 Å². The van der Waals surface area contributed by atoms with Gasteiger partial charge in [0.25, 0.3) is 0 Å². The van der Waals surface area contributed by atoms with Crippen molar-refractivity contribution in [3.63, 3.8) is 0 Å². The minimum absolute atomic E-state index is 0.733. The zero-order valence-corrected chi connectivity index (χ0v) is 9.60. The Labute approximate surface area is 87.9 Å². The summed E-state index contributed by atoms with van der Waals surface area (Å²) in [5.41, 5.74) is 8.66. The molecule has 0 heterocycles. The number of nitrogens with one attached hydrogen (secondary N) is 1. The van der Waals surface area contributed by atoms with Crippen LogP contribution in [0.3, 0.4) is 0 Å². The fourth-order valence-corrected chi connectivity index (χ4v) is 1.71. The van der Waals surface area contributed by atoms with E-state index in [1.165, 1.54) is 37.8 Å². The molecule has 0 aromatic carbocycles. The van der Waals surface area contributed by atoms with E-state index in [1.807, 2.05) is 0 Å². The van der Waals surface area contributed by atoms with Crippen LogP contribution in [0.15, 0.2) is 11.3 Å². The van der Waals surface area contributed by atoms with Crippen molar-refractivity contribution in [3.8, 4) is 0 Å². The molecule has 1 aliphatic rings. The molecule has 1 saturated carbocycles. The van der Waals surface area contributed by atoms with Gasteiger partial charge in [-0.3, -0.25) is 0 Å². The largest absolute Gasteiger partial charge is 0.387 e. The van der Waals surface area contributed by atoms with Crippen LogP contribution in [-0.4, -0.2) is 13.1 Å². The lowest BCUT2D eigenvalue weighted by molar-refractivity contribution is 0.513. The van der Waals surface area contributed by atoms with Gasteiger partial charge in [-0.2, -0.15) is 0 Å². The first kappa shape index (κ1) is 11.6. The highest BCUT2D eigenvalue weighted by Gasteiger charge is 2.15. The summed E-state index contributed by atoms with van der Waals surface area (Å²) in [5.74, 6) is 0.795. The van der Waals surface area contributed by atoms with Gasteiger partial charge in [0.05, 0.1) is 0 Å². The number of rotatable bonds is 6. The molecule has 1 fully saturated rings. The van der Waals surface area contributed by atoms with Crippen LogP contribution in [0, 0.1) is 5.92 Å². The molecule has 0 saturated heterocycles. The smallest absolute Gasteiger partial charge is 0.0267 e. The standard InChI is InChI=1S/C12H24N2/c1-3-10(2)9-12(14-8-7-13)11-5-4-6-11/h10,14H,3-9,13H2,1-2H3. The summed E-state index contributed by atoms with van der Waals surface area (Å²) in [5, 5.41) is 3.49. The molecule has 0 spiro atoms. The van der Waals surface area contributed by atoms with Crippen LogP contribution in [0.2, 0.25) is 0 Å². The van der Waals surface area contributed by atoms with Crippen molar-refractivity contribution < 1.29 is 0 Å². The van der Waals surface area contributed by atoms with Gasteiger partial charge in [0.1, 0.15) is 0 Å². The lowest BCUT2D eigenvalue weighted by atomic mass is 9.87. The van der Waals surface area contributed by atoms with Crippen molar-refractivity contribution in [2.45, 2.75) is 46.0 Å². The summed E-state index contributed by atoms with van der Waals surface area (Å²) in [6.07, 6.45) is 6.48. The highest BCUT2D eigenvalue weighted by atomic mass is 14.9. The molecular weight excluding hydrogens is 172 g/mol. The van der Waals surface area contributed by atoms with Crippen molar-refractivity contribution in [1.82, 2.24) is 5.32 Å². The van der Waals surface area contributed by atoms with Crippen molar-refractivity contribution in [3.05, 3.63) is 11.3 Å². The van der Waals surface area contributed by atoms with Crippen molar-refractivity contribution in [2.75, 3.05) is 13.1 Å². The lowest BCUT2D eigenvalue weighted by Crippen LogP contribution is -2.25. The van der Waals surface area contributed by atoms with Gasteiger partial charge in [0.15, 0.2) is 0 Å². The van der Waals surface area contributed by atoms with Gasteiger partial charge in [0.2, 0.25) is 0 Å². The first-order valence-corrected chi connectivity index (χ1v) is 5.92. The minimum atomic E-state index is 0.733. The maximum atomic E-state index is 5.51. The van der Waals surface area contributed by atoms with Crippen LogP contribution >= 0.6 is 0 Å². The van der Waals surface area contributed by atoms with E-state index in [1.54, 1.807) is 5.57 Å². The van der Waals surface area contributed by atoms with E-state index in [4.69, 9.17) is 5.73 Å². The summed E-state index contributed by atoms with van der Waals surface area (Å²) < 4.78 is 0. The van der Waals surface area contributed by atoms with E-state index in [0.29, 0.717) is 0 Å². The lowest BCUT2D eigenvalue weighted by Gasteiger charge is -2.25. The fourth-order valence-electron chi connectivity index (χ4n) is 1.71. The van der Waals surface area contributed by atoms with Crippen molar-refractivity contribution >= 4 is 0 Å². The minimum Gasteiger partial charge on any atom is -0.387 e. The van der Waals surface area contributed by atoms with Gasteiger partial charge in [-0.1, -0.05) is 25.8 Å². The van der Waals surface area contributed by atoms with E-state index >= 15 is 0 Å². The SMILES string of the molecule is CCC(C)CC(NCCN)=C1CCC1. The molecule has 1 aliphatic carbocycles. The second kappa shape index (κ2) is 6.07. The molecule has 0 aromatic rings. The number of hydrogen-bond acceptors (Lipinski definition) is 2. The third-order valence-electron chi connectivity index (χ3n) is 3.12. The first-order chi connectivity index (χ1) is 6.77. The Hall–Kier alpha value is -0.500. The summed E-state index contributed by atoms with van der Waals surface area (Å²) in [7, 11) is 0. The summed E-state index contributed by atoms with van der Waals surface area (Å²) in [6.45, 7) is 6.24. The Bertz CT molecular complexity index is 190. The average Bonchev–Trinajstić information content (AvgIpc) is 2.11. The molecule has 0 aliphatic heterocycles. The van der Waals surface area contributed by atoms with Gasteiger partial charge in [-0.15, -0.1) is 0 Å². The summed E-state index contributed by atoms with van der Waals surface area (Å²) in [4.78, 5) is 0. The van der Waals surface area contributed by atoms with Crippen LogP contribution in [0.5, 0.6) is 0 Å². The molecule has 0 bridgehead atoms. The predicted octanol–water partition coefficient (Wildman–Crippen LogP) is 2.41. The van der Waals surface area contributed by atoms with Gasteiger partial charge < -0.3 is 11.1 Å². The van der Waals surface area contributed by atoms with Crippen LogP contribution < -0.4 is 11.1 Å². The average molecular weight is 196 g/mol. The molecule has 1 rings (SSSR count). The molecule has 0 amide bonds. The predicted molar refractivity (Wildman–Crippen MR) is 62.0 cm³/mol. The Balaban J connectivity index is 2.44. The molecule has 2 heteroatoms. The highest BCUT2D eigenvalue weighted by Crippen LogP contribution is 2.30.